The van der Waals surface area contributed by atoms with Gasteiger partial charge in [0.15, 0.2) is 0 Å². The maximum Gasteiger partial charge on any atom is 0.410 e. The van der Waals surface area contributed by atoms with Crippen LogP contribution >= 0.6 is 0 Å². The van der Waals surface area contributed by atoms with Gasteiger partial charge in [0.1, 0.15) is 5.60 Å². The average molecular weight is 259 g/mol. The van der Waals surface area contributed by atoms with Crippen LogP contribution in [0, 0.1) is 0 Å². The molecule has 0 N–H and O–H groups in total. The third kappa shape index (κ3) is 5.80. The standard InChI is InChI=1S/C11H21NO3.CO2/c1-8-6-9(14-5)7-12(8)10(13)15-11(2,3)4;2-1-3/h8-9H,6-7H2,1-5H3;/t8-,9-;/m0./s1. The molecular formula is C12H21NO5. The number of rotatable bonds is 1. The normalized spacial score (nSPS) is 22.8. The van der Waals surface area contributed by atoms with Crippen LogP contribution in [0.2, 0.25) is 0 Å². The first-order valence-electron chi connectivity index (χ1n) is 5.76. The van der Waals surface area contributed by atoms with Gasteiger partial charge in [-0.25, -0.2) is 4.79 Å². The third-order valence-corrected chi connectivity index (χ3v) is 2.50. The van der Waals surface area contributed by atoms with Crippen LogP contribution in [0.5, 0.6) is 0 Å². The molecule has 0 saturated carbocycles. The minimum atomic E-state index is -0.429. The molecule has 6 heteroatoms. The first kappa shape index (κ1) is 16.6. The largest absolute Gasteiger partial charge is 0.444 e. The molecular weight excluding hydrogens is 238 g/mol. The molecule has 1 heterocycles. The first-order chi connectivity index (χ1) is 8.25. The van der Waals surface area contributed by atoms with Crippen molar-refractivity contribution in [2.45, 2.75) is 51.9 Å². The van der Waals surface area contributed by atoms with Crippen LogP contribution < -0.4 is 0 Å². The summed E-state index contributed by atoms with van der Waals surface area (Å²) in [4.78, 5) is 29.8. The Morgan fingerprint density at radius 3 is 2.17 bits per heavy atom. The molecule has 0 aromatic carbocycles. The molecule has 0 radical (unpaired) electrons. The van der Waals surface area contributed by atoms with Crippen LogP contribution in [0.15, 0.2) is 0 Å². The van der Waals surface area contributed by atoms with Crippen LogP contribution in [0.1, 0.15) is 34.1 Å². The number of carbonyl (C=O) groups excluding carboxylic acids is 3. The lowest BCUT2D eigenvalue weighted by Gasteiger charge is -2.26. The summed E-state index contributed by atoms with van der Waals surface area (Å²) in [5, 5.41) is 0. The highest BCUT2D eigenvalue weighted by Crippen LogP contribution is 2.22. The summed E-state index contributed by atoms with van der Waals surface area (Å²) in [6.45, 7) is 8.27. The van der Waals surface area contributed by atoms with Gasteiger partial charge in [0.2, 0.25) is 0 Å². The van der Waals surface area contributed by atoms with Crippen LogP contribution in [-0.2, 0) is 19.1 Å². The summed E-state index contributed by atoms with van der Waals surface area (Å²) in [6, 6.07) is 0.199. The number of carbonyl (C=O) groups is 1. The number of likely N-dealkylation sites (tertiary alicyclic amines) is 1. The summed E-state index contributed by atoms with van der Waals surface area (Å²) in [6.07, 6.45) is 1.04. The zero-order chi connectivity index (χ0) is 14.3. The van der Waals surface area contributed by atoms with E-state index in [0.717, 1.165) is 6.42 Å². The minimum absolute atomic E-state index is 0.146. The second kappa shape index (κ2) is 7.13. The predicted molar refractivity (Wildman–Crippen MR) is 62.8 cm³/mol. The Hall–Kier alpha value is -1.39. The van der Waals surface area contributed by atoms with Gasteiger partial charge in [0.05, 0.1) is 12.6 Å². The van der Waals surface area contributed by atoms with E-state index in [1.54, 1.807) is 12.0 Å². The Labute approximate surface area is 107 Å². The van der Waals surface area contributed by atoms with Crippen LogP contribution in [0.3, 0.4) is 0 Å². The Morgan fingerprint density at radius 1 is 1.33 bits per heavy atom. The lowest BCUT2D eigenvalue weighted by Crippen LogP contribution is -2.39. The molecule has 0 bridgehead atoms. The van der Waals surface area contributed by atoms with Gasteiger partial charge >= 0.3 is 12.2 Å². The highest BCUT2D eigenvalue weighted by Gasteiger charge is 2.34. The topological polar surface area (TPSA) is 72.9 Å². The van der Waals surface area contributed by atoms with E-state index in [2.05, 4.69) is 0 Å². The predicted octanol–water partition coefficient (Wildman–Crippen LogP) is 1.45. The summed E-state index contributed by atoms with van der Waals surface area (Å²) < 4.78 is 10.6. The highest BCUT2D eigenvalue weighted by atomic mass is 16.6. The summed E-state index contributed by atoms with van der Waals surface area (Å²) in [5.41, 5.74) is -0.429. The molecule has 18 heavy (non-hydrogen) atoms. The fourth-order valence-corrected chi connectivity index (χ4v) is 1.73. The lowest BCUT2D eigenvalue weighted by atomic mass is 10.2. The maximum absolute atomic E-state index is 11.8. The van der Waals surface area contributed by atoms with Crippen LogP contribution in [0.4, 0.5) is 4.79 Å². The summed E-state index contributed by atoms with van der Waals surface area (Å²) in [7, 11) is 1.68. The van der Waals surface area contributed by atoms with E-state index >= 15 is 0 Å². The monoisotopic (exact) mass is 259 g/mol. The summed E-state index contributed by atoms with van der Waals surface area (Å²) in [5.74, 6) is 0. The molecule has 0 aliphatic carbocycles. The fourth-order valence-electron chi connectivity index (χ4n) is 1.73. The van der Waals surface area contributed by atoms with E-state index < -0.39 is 5.60 Å². The molecule has 1 rings (SSSR count). The maximum atomic E-state index is 11.8. The van der Waals surface area contributed by atoms with E-state index in [-0.39, 0.29) is 24.4 Å². The number of ether oxygens (including phenoxy) is 2. The summed E-state index contributed by atoms with van der Waals surface area (Å²) >= 11 is 0. The van der Waals surface area contributed by atoms with E-state index in [4.69, 9.17) is 19.1 Å². The van der Waals surface area contributed by atoms with E-state index in [1.807, 2.05) is 27.7 Å². The van der Waals surface area contributed by atoms with Crippen LogP contribution in [-0.4, -0.2) is 48.5 Å². The average Bonchev–Trinajstić information content (AvgIpc) is 2.58. The van der Waals surface area contributed by atoms with Crippen molar-refractivity contribution in [1.29, 1.82) is 0 Å². The number of amides is 1. The molecule has 104 valence electrons. The Bertz CT molecular complexity index is 304. The minimum Gasteiger partial charge on any atom is -0.444 e. The zero-order valence-electron chi connectivity index (χ0n) is 11.6. The van der Waals surface area contributed by atoms with Crippen molar-refractivity contribution in [1.82, 2.24) is 4.90 Å². The zero-order valence-corrected chi connectivity index (χ0v) is 11.6. The number of methoxy groups -OCH3 is 1. The molecule has 0 aromatic heterocycles. The van der Waals surface area contributed by atoms with E-state index in [0.29, 0.717) is 6.54 Å². The molecule has 1 aliphatic heterocycles. The number of nitrogens with zero attached hydrogens (tertiary/aromatic N) is 1. The van der Waals surface area contributed by atoms with Gasteiger partial charge in [-0.05, 0) is 34.1 Å². The van der Waals surface area contributed by atoms with Gasteiger partial charge in [-0.1, -0.05) is 0 Å². The Morgan fingerprint density at radius 2 is 1.83 bits per heavy atom. The van der Waals surface area contributed by atoms with Crippen molar-refractivity contribution < 1.29 is 23.9 Å². The second-order valence-electron chi connectivity index (χ2n) is 5.16. The van der Waals surface area contributed by atoms with Gasteiger partial charge in [0.25, 0.3) is 0 Å². The Balaban J connectivity index is 0.000000873. The van der Waals surface area contributed by atoms with Crippen molar-refractivity contribution >= 4 is 12.2 Å². The van der Waals surface area contributed by atoms with Gasteiger partial charge < -0.3 is 14.4 Å². The first-order valence-corrected chi connectivity index (χ1v) is 5.76. The molecule has 0 aromatic rings. The molecule has 0 spiro atoms. The third-order valence-electron chi connectivity index (χ3n) is 2.50. The van der Waals surface area contributed by atoms with Crippen molar-refractivity contribution in [2.24, 2.45) is 0 Å². The van der Waals surface area contributed by atoms with Gasteiger partial charge in [-0.2, -0.15) is 9.59 Å². The molecule has 1 fully saturated rings. The van der Waals surface area contributed by atoms with Crippen molar-refractivity contribution in [3.05, 3.63) is 0 Å². The lowest BCUT2D eigenvalue weighted by molar-refractivity contribution is -0.191. The van der Waals surface area contributed by atoms with Crippen molar-refractivity contribution in [3.8, 4) is 0 Å². The molecule has 6 nitrogen and oxygen atoms in total. The Kier molecular flexibility index (Phi) is 6.58. The van der Waals surface area contributed by atoms with E-state index in [9.17, 15) is 4.79 Å². The van der Waals surface area contributed by atoms with Gasteiger partial charge in [-0.3, -0.25) is 0 Å². The number of hydrogen-bond donors (Lipinski definition) is 0. The van der Waals surface area contributed by atoms with Gasteiger partial charge in [-0.15, -0.1) is 0 Å². The highest BCUT2D eigenvalue weighted by molar-refractivity contribution is 5.69. The molecule has 0 unspecified atom stereocenters. The van der Waals surface area contributed by atoms with Crippen molar-refractivity contribution in [3.63, 3.8) is 0 Å². The second-order valence-corrected chi connectivity index (χ2v) is 5.16. The molecule has 1 saturated heterocycles. The number of hydrogen-bond acceptors (Lipinski definition) is 5. The van der Waals surface area contributed by atoms with E-state index in [1.165, 1.54) is 0 Å². The van der Waals surface area contributed by atoms with Gasteiger partial charge in [0, 0.05) is 13.2 Å². The fraction of sp³-hybridized carbons (Fsp3) is 0.833. The van der Waals surface area contributed by atoms with Crippen LogP contribution in [0.25, 0.3) is 0 Å². The SMILES string of the molecule is CO[C@H]1C[C@H](C)N(C(=O)OC(C)(C)C)C1.O=C=O. The van der Waals surface area contributed by atoms with Crippen molar-refractivity contribution in [2.75, 3.05) is 13.7 Å². The molecule has 1 amide bonds. The quantitative estimate of drug-likeness (QED) is 0.712. The smallest absolute Gasteiger partial charge is 0.410 e. The molecule has 2 atom stereocenters. The molecule has 1 aliphatic rings.